The first-order valence-electron chi connectivity index (χ1n) is 8.89. The summed E-state index contributed by atoms with van der Waals surface area (Å²) < 4.78 is 9.66. The van der Waals surface area contributed by atoms with Crippen LogP contribution in [-0.2, 0) is 18.0 Å². The molecule has 0 unspecified atom stereocenters. The van der Waals surface area contributed by atoms with Crippen LogP contribution in [0.1, 0.15) is 13.3 Å². The number of aromatic nitrogens is 3. The molecule has 7 nitrogen and oxygen atoms in total. The van der Waals surface area contributed by atoms with Gasteiger partial charge in [-0.1, -0.05) is 25.1 Å². The zero-order valence-electron chi connectivity index (χ0n) is 16.1. The SMILES string of the molecule is C=CCn1c(-c2ccccc2OC)nn(CN(C)CC(=O)NCCC)c1=S. The van der Waals surface area contributed by atoms with E-state index in [4.69, 9.17) is 22.1 Å². The minimum Gasteiger partial charge on any atom is -0.496 e. The Morgan fingerprint density at radius 3 is 2.85 bits per heavy atom. The fraction of sp³-hybridized carbons (Fsp3) is 0.421. The van der Waals surface area contributed by atoms with Gasteiger partial charge in [-0.3, -0.25) is 14.3 Å². The van der Waals surface area contributed by atoms with Crippen molar-refractivity contribution in [3.8, 4) is 17.1 Å². The largest absolute Gasteiger partial charge is 0.496 e. The number of carbonyl (C=O) groups is 1. The molecule has 0 saturated heterocycles. The molecule has 1 amide bonds. The number of rotatable bonds is 10. The average molecular weight is 390 g/mol. The molecule has 0 aliphatic rings. The molecule has 0 radical (unpaired) electrons. The van der Waals surface area contributed by atoms with E-state index < -0.39 is 0 Å². The molecule has 146 valence electrons. The number of allylic oxidation sites excluding steroid dienone is 1. The second-order valence-electron chi connectivity index (χ2n) is 6.21. The maximum absolute atomic E-state index is 11.9. The minimum atomic E-state index is -0.0126. The van der Waals surface area contributed by atoms with Crippen LogP contribution in [0.3, 0.4) is 0 Å². The lowest BCUT2D eigenvalue weighted by Crippen LogP contribution is -2.36. The van der Waals surface area contributed by atoms with Crippen LogP contribution in [0.25, 0.3) is 11.4 Å². The molecular weight excluding hydrogens is 362 g/mol. The van der Waals surface area contributed by atoms with Gasteiger partial charge in [-0.25, -0.2) is 4.68 Å². The fourth-order valence-electron chi connectivity index (χ4n) is 2.70. The Hall–Kier alpha value is -2.45. The van der Waals surface area contributed by atoms with Crippen molar-refractivity contribution in [1.29, 1.82) is 0 Å². The van der Waals surface area contributed by atoms with Crippen molar-refractivity contribution in [2.24, 2.45) is 0 Å². The summed E-state index contributed by atoms with van der Waals surface area (Å²) in [6, 6.07) is 7.68. The van der Waals surface area contributed by atoms with Gasteiger partial charge in [-0.05, 0) is 37.8 Å². The number of benzene rings is 1. The molecule has 0 aliphatic heterocycles. The lowest BCUT2D eigenvalue weighted by Gasteiger charge is -2.15. The summed E-state index contributed by atoms with van der Waals surface area (Å²) in [6.45, 7) is 7.74. The second-order valence-corrected chi connectivity index (χ2v) is 6.58. The number of amides is 1. The van der Waals surface area contributed by atoms with Crippen LogP contribution in [0.2, 0.25) is 0 Å². The van der Waals surface area contributed by atoms with Crippen molar-refractivity contribution in [3.63, 3.8) is 0 Å². The highest BCUT2D eigenvalue weighted by Crippen LogP contribution is 2.28. The zero-order chi connectivity index (χ0) is 19.8. The van der Waals surface area contributed by atoms with E-state index in [1.54, 1.807) is 17.9 Å². The number of ether oxygens (including phenoxy) is 1. The Balaban J connectivity index is 2.30. The Kier molecular flexibility index (Phi) is 7.75. The summed E-state index contributed by atoms with van der Waals surface area (Å²) in [5.74, 6) is 1.42. The van der Waals surface area contributed by atoms with Crippen molar-refractivity contribution in [3.05, 3.63) is 41.7 Å². The van der Waals surface area contributed by atoms with E-state index in [1.807, 2.05) is 47.7 Å². The van der Waals surface area contributed by atoms with Gasteiger partial charge in [0.1, 0.15) is 5.75 Å². The van der Waals surface area contributed by atoms with Crippen molar-refractivity contribution in [1.82, 2.24) is 24.6 Å². The van der Waals surface area contributed by atoms with E-state index in [1.165, 1.54) is 0 Å². The maximum atomic E-state index is 11.9. The third-order valence-electron chi connectivity index (χ3n) is 3.94. The molecule has 0 saturated carbocycles. The van der Waals surface area contributed by atoms with Crippen molar-refractivity contribution < 1.29 is 9.53 Å². The summed E-state index contributed by atoms with van der Waals surface area (Å²) in [5, 5.41) is 7.56. The minimum absolute atomic E-state index is 0.0126. The van der Waals surface area contributed by atoms with Gasteiger partial charge in [0.15, 0.2) is 10.6 Å². The van der Waals surface area contributed by atoms with Crippen LogP contribution < -0.4 is 10.1 Å². The lowest BCUT2D eigenvalue weighted by atomic mass is 10.2. The third-order valence-corrected chi connectivity index (χ3v) is 4.37. The second kappa shape index (κ2) is 10.0. The van der Waals surface area contributed by atoms with Crippen molar-refractivity contribution in [2.75, 3.05) is 27.2 Å². The van der Waals surface area contributed by atoms with E-state index in [2.05, 4.69) is 11.9 Å². The summed E-state index contributed by atoms with van der Waals surface area (Å²) in [4.78, 5) is 13.8. The lowest BCUT2D eigenvalue weighted by molar-refractivity contribution is -0.122. The van der Waals surface area contributed by atoms with Crippen LogP contribution >= 0.6 is 12.2 Å². The van der Waals surface area contributed by atoms with E-state index >= 15 is 0 Å². The van der Waals surface area contributed by atoms with Crippen LogP contribution in [-0.4, -0.2) is 52.4 Å². The van der Waals surface area contributed by atoms with Crippen LogP contribution in [0.15, 0.2) is 36.9 Å². The van der Waals surface area contributed by atoms with Crippen molar-refractivity contribution >= 4 is 18.1 Å². The van der Waals surface area contributed by atoms with E-state index in [-0.39, 0.29) is 12.5 Å². The smallest absolute Gasteiger partial charge is 0.234 e. The predicted molar refractivity (Wildman–Crippen MR) is 109 cm³/mol. The molecule has 1 aromatic heterocycles. The summed E-state index contributed by atoms with van der Waals surface area (Å²) in [5.41, 5.74) is 0.857. The quantitative estimate of drug-likeness (QED) is 0.500. The molecule has 1 N–H and O–H groups in total. The fourth-order valence-corrected chi connectivity index (χ4v) is 2.96. The maximum Gasteiger partial charge on any atom is 0.234 e. The highest BCUT2D eigenvalue weighted by molar-refractivity contribution is 7.71. The molecule has 0 aliphatic carbocycles. The number of methoxy groups -OCH3 is 1. The third kappa shape index (κ3) is 5.27. The molecule has 0 fully saturated rings. The molecule has 0 bridgehead atoms. The Morgan fingerprint density at radius 1 is 1.44 bits per heavy atom. The first kappa shape index (κ1) is 20.9. The van der Waals surface area contributed by atoms with Crippen LogP contribution in [0.5, 0.6) is 5.75 Å². The molecule has 8 heteroatoms. The van der Waals surface area contributed by atoms with Gasteiger partial charge in [0.2, 0.25) is 5.91 Å². The Bertz CT molecular complexity index is 843. The van der Waals surface area contributed by atoms with Crippen molar-refractivity contribution in [2.45, 2.75) is 26.6 Å². The number of hydrogen-bond acceptors (Lipinski definition) is 5. The number of nitrogens with one attached hydrogen (secondary N) is 1. The van der Waals surface area contributed by atoms with Gasteiger partial charge in [0.05, 0.1) is 25.9 Å². The molecule has 1 aromatic carbocycles. The van der Waals surface area contributed by atoms with Gasteiger partial charge >= 0.3 is 0 Å². The van der Waals surface area contributed by atoms with Crippen LogP contribution in [0.4, 0.5) is 0 Å². The number of carbonyl (C=O) groups excluding carboxylic acids is 1. The standard InChI is InChI=1S/C19H27N5O2S/c1-5-11-20-17(25)13-22(3)14-24-19(27)23(12-6-2)18(21-24)15-9-7-8-10-16(15)26-4/h6-10H,2,5,11-14H2,1,3-4H3,(H,20,25). The summed E-state index contributed by atoms with van der Waals surface area (Å²) >= 11 is 5.61. The number of likely N-dealkylation sites (N-methyl/N-ethyl adjacent to an activating group) is 1. The predicted octanol–water partition coefficient (Wildman–Crippen LogP) is 2.69. The first-order chi connectivity index (χ1) is 13.0. The Morgan fingerprint density at radius 2 is 2.19 bits per heavy atom. The van der Waals surface area contributed by atoms with Gasteiger partial charge in [-0.15, -0.1) is 6.58 Å². The molecule has 0 spiro atoms. The molecule has 0 atom stereocenters. The summed E-state index contributed by atoms with van der Waals surface area (Å²) in [7, 11) is 3.49. The van der Waals surface area contributed by atoms with Crippen LogP contribution in [0, 0.1) is 4.77 Å². The normalized spacial score (nSPS) is 10.8. The van der Waals surface area contributed by atoms with Gasteiger partial charge in [0, 0.05) is 13.1 Å². The first-order valence-corrected chi connectivity index (χ1v) is 9.29. The zero-order valence-corrected chi connectivity index (χ0v) is 17.0. The molecule has 1 heterocycles. The van der Waals surface area contributed by atoms with E-state index in [0.29, 0.717) is 30.4 Å². The monoisotopic (exact) mass is 389 g/mol. The number of nitrogens with zero attached hydrogens (tertiary/aromatic N) is 4. The summed E-state index contributed by atoms with van der Waals surface area (Å²) in [6.07, 6.45) is 2.69. The van der Waals surface area contributed by atoms with E-state index in [9.17, 15) is 4.79 Å². The number of hydrogen-bond donors (Lipinski definition) is 1. The topological polar surface area (TPSA) is 64.3 Å². The highest BCUT2D eigenvalue weighted by Gasteiger charge is 2.17. The average Bonchev–Trinajstić information content (AvgIpc) is 2.96. The molecule has 2 aromatic rings. The van der Waals surface area contributed by atoms with Gasteiger partial charge in [-0.2, -0.15) is 5.10 Å². The van der Waals surface area contributed by atoms with Gasteiger partial charge < -0.3 is 10.1 Å². The van der Waals surface area contributed by atoms with E-state index in [0.717, 1.165) is 17.7 Å². The number of para-hydroxylation sites is 1. The molecule has 27 heavy (non-hydrogen) atoms. The highest BCUT2D eigenvalue weighted by atomic mass is 32.1. The molecular formula is C19H27N5O2S. The van der Waals surface area contributed by atoms with Gasteiger partial charge in [0.25, 0.3) is 0 Å². The molecule has 2 rings (SSSR count). The Labute approximate surface area is 165 Å².